The molecule has 1 aromatic rings. The summed E-state index contributed by atoms with van der Waals surface area (Å²) in [6.45, 7) is 3.98. The van der Waals surface area contributed by atoms with E-state index in [0.29, 0.717) is 12.1 Å². The quantitative estimate of drug-likeness (QED) is 0.679. The molecule has 3 atom stereocenters. The number of carboxylic acid groups (broad SMARTS) is 1. The van der Waals surface area contributed by atoms with E-state index in [0.717, 1.165) is 0 Å². The second kappa shape index (κ2) is 8.90. The molecule has 1 saturated heterocycles. The Morgan fingerprint density at radius 3 is 2.44 bits per heavy atom. The third-order valence-corrected chi connectivity index (χ3v) is 4.70. The fourth-order valence-electron chi connectivity index (χ4n) is 3.34. The number of carboxylic acids is 1. The van der Waals surface area contributed by atoms with Gasteiger partial charge in [0.05, 0.1) is 18.6 Å². The van der Waals surface area contributed by atoms with Crippen molar-refractivity contribution in [3.63, 3.8) is 0 Å². The first-order valence-corrected chi connectivity index (χ1v) is 8.87. The topological polar surface area (TPSA) is 94.9 Å². The molecule has 1 heterocycles. The normalized spacial score (nSPS) is 21.2. The van der Waals surface area contributed by atoms with Crippen molar-refractivity contribution in [1.82, 2.24) is 0 Å². The number of allylic oxidation sites excluding steroid dienone is 1. The Morgan fingerprint density at radius 2 is 1.89 bits per heavy atom. The number of carbonyl (C=O) groups excluding carboxylic acids is 2. The van der Waals surface area contributed by atoms with Gasteiger partial charge in [0.2, 0.25) is 5.91 Å². The SMILES string of the molecule is CC(C)[C@@H]1CC(=O)N(c2ccc(F)cc2)[C@H]1/C=C/C(=O)C[C@@H](O)CC(=O)O. The minimum Gasteiger partial charge on any atom is -0.481 e. The van der Waals surface area contributed by atoms with Crippen LogP contribution in [0, 0.1) is 17.7 Å². The Bertz CT molecular complexity index is 728. The lowest BCUT2D eigenvalue weighted by Crippen LogP contribution is -2.35. The zero-order valence-electron chi connectivity index (χ0n) is 15.3. The third kappa shape index (κ3) is 5.47. The number of aliphatic hydroxyl groups excluding tert-OH is 1. The number of rotatable bonds is 8. The number of benzene rings is 1. The van der Waals surface area contributed by atoms with Crippen LogP contribution in [0.3, 0.4) is 0 Å². The maximum absolute atomic E-state index is 13.2. The Balaban J connectivity index is 2.19. The van der Waals surface area contributed by atoms with Crippen molar-refractivity contribution in [1.29, 1.82) is 0 Å². The van der Waals surface area contributed by atoms with Crippen LogP contribution < -0.4 is 4.90 Å². The average Bonchev–Trinajstić information content (AvgIpc) is 2.89. The van der Waals surface area contributed by atoms with Crippen molar-refractivity contribution in [3.8, 4) is 0 Å². The van der Waals surface area contributed by atoms with Gasteiger partial charge in [0, 0.05) is 18.5 Å². The summed E-state index contributed by atoms with van der Waals surface area (Å²) in [6.07, 6.45) is 1.18. The van der Waals surface area contributed by atoms with Crippen LogP contribution in [0.15, 0.2) is 36.4 Å². The Morgan fingerprint density at radius 1 is 1.26 bits per heavy atom. The standard InChI is InChI=1S/C20H24FNO5/c1-12(2)17-11-19(25)22(14-5-3-13(21)4-6-14)18(17)8-7-15(23)9-16(24)10-20(26)27/h3-8,12,16-18,24H,9-11H2,1-2H3,(H,26,27)/b8-7+/t16-,17+,18+/m1/s1. The number of amides is 1. The average molecular weight is 377 g/mol. The lowest BCUT2D eigenvalue weighted by Gasteiger charge is -2.27. The van der Waals surface area contributed by atoms with Crippen molar-refractivity contribution < 1.29 is 29.0 Å². The van der Waals surface area contributed by atoms with Crippen LogP contribution in [0.1, 0.15) is 33.1 Å². The highest BCUT2D eigenvalue weighted by Gasteiger charge is 2.40. The molecule has 2 N–H and O–H groups in total. The number of hydrogen-bond acceptors (Lipinski definition) is 4. The Labute approximate surface area is 157 Å². The second-order valence-electron chi connectivity index (χ2n) is 7.12. The van der Waals surface area contributed by atoms with Gasteiger partial charge in [-0.1, -0.05) is 19.9 Å². The predicted octanol–water partition coefficient (Wildman–Crippen LogP) is 2.55. The van der Waals surface area contributed by atoms with E-state index < -0.39 is 30.1 Å². The number of aliphatic carboxylic acids is 1. The van der Waals surface area contributed by atoms with E-state index in [1.54, 1.807) is 11.0 Å². The maximum atomic E-state index is 13.2. The molecule has 2 rings (SSSR count). The van der Waals surface area contributed by atoms with E-state index in [1.807, 2.05) is 13.8 Å². The highest BCUT2D eigenvalue weighted by atomic mass is 19.1. The number of nitrogens with zero attached hydrogens (tertiary/aromatic N) is 1. The zero-order valence-corrected chi connectivity index (χ0v) is 15.3. The molecule has 7 heteroatoms. The van der Waals surface area contributed by atoms with Crippen LogP contribution in [0.4, 0.5) is 10.1 Å². The molecule has 1 aliphatic rings. The molecule has 1 aromatic carbocycles. The van der Waals surface area contributed by atoms with Crippen LogP contribution in [-0.2, 0) is 14.4 Å². The van der Waals surface area contributed by atoms with Crippen LogP contribution >= 0.6 is 0 Å². The summed E-state index contributed by atoms with van der Waals surface area (Å²) in [5.74, 6) is -1.93. The maximum Gasteiger partial charge on any atom is 0.305 e. The van der Waals surface area contributed by atoms with Crippen LogP contribution in [0.25, 0.3) is 0 Å². The molecule has 0 aromatic heterocycles. The summed E-state index contributed by atoms with van der Waals surface area (Å²) in [6, 6.07) is 5.23. The second-order valence-corrected chi connectivity index (χ2v) is 7.12. The molecule has 0 unspecified atom stereocenters. The molecule has 27 heavy (non-hydrogen) atoms. The number of ketones is 1. The molecule has 0 radical (unpaired) electrons. The summed E-state index contributed by atoms with van der Waals surface area (Å²) >= 11 is 0. The first kappa shape index (κ1) is 20.8. The van der Waals surface area contributed by atoms with Gasteiger partial charge in [-0.3, -0.25) is 14.4 Å². The van der Waals surface area contributed by atoms with Gasteiger partial charge in [-0.25, -0.2) is 4.39 Å². The lowest BCUT2D eigenvalue weighted by atomic mass is 9.88. The summed E-state index contributed by atoms with van der Waals surface area (Å²) < 4.78 is 13.2. The third-order valence-electron chi connectivity index (χ3n) is 4.70. The van der Waals surface area contributed by atoms with Crippen LogP contribution in [-0.4, -0.2) is 40.0 Å². The summed E-state index contributed by atoms with van der Waals surface area (Å²) in [5.41, 5.74) is 0.553. The number of aliphatic hydroxyl groups is 1. The van der Waals surface area contributed by atoms with Gasteiger partial charge in [0.25, 0.3) is 0 Å². The van der Waals surface area contributed by atoms with Crippen molar-refractivity contribution in [2.75, 3.05) is 4.90 Å². The van der Waals surface area contributed by atoms with Gasteiger partial charge in [-0.2, -0.15) is 0 Å². The molecule has 1 amide bonds. The van der Waals surface area contributed by atoms with Gasteiger partial charge in [-0.15, -0.1) is 0 Å². The highest BCUT2D eigenvalue weighted by molar-refractivity contribution is 5.98. The van der Waals surface area contributed by atoms with E-state index in [-0.39, 0.29) is 30.2 Å². The van der Waals surface area contributed by atoms with Crippen molar-refractivity contribution in [2.45, 2.75) is 45.3 Å². The minimum absolute atomic E-state index is 0.0180. The molecular formula is C20H24FNO5. The lowest BCUT2D eigenvalue weighted by molar-refractivity contribution is -0.139. The monoisotopic (exact) mass is 377 g/mol. The van der Waals surface area contributed by atoms with Crippen molar-refractivity contribution in [3.05, 3.63) is 42.2 Å². The smallest absolute Gasteiger partial charge is 0.305 e. The van der Waals surface area contributed by atoms with Gasteiger partial charge in [0.15, 0.2) is 5.78 Å². The minimum atomic E-state index is -1.25. The largest absolute Gasteiger partial charge is 0.481 e. The Hall–Kier alpha value is -2.54. The molecule has 146 valence electrons. The summed E-state index contributed by atoms with van der Waals surface area (Å²) in [4.78, 5) is 36.7. The van der Waals surface area contributed by atoms with E-state index in [2.05, 4.69) is 0 Å². The number of anilines is 1. The van der Waals surface area contributed by atoms with Gasteiger partial charge < -0.3 is 15.1 Å². The van der Waals surface area contributed by atoms with E-state index in [4.69, 9.17) is 5.11 Å². The number of halogens is 1. The van der Waals surface area contributed by atoms with Gasteiger partial charge in [-0.05, 0) is 42.2 Å². The number of carbonyl (C=O) groups is 3. The molecule has 0 saturated carbocycles. The van der Waals surface area contributed by atoms with Crippen LogP contribution in [0.2, 0.25) is 0 Å². The fourth-order valence-corrected chi connectivity index (χ4v) is 3.34. The molecule has 0 spiro atoms. The first-order valence-electron chi connectivity index (χ1n) is 8.87. The molecule has 0 bridgehead atoms. The van der Waals surface area contributed by atoms with Crippen molar-refractivity contribution >= 4 is 23.3 Å². The van der Waals surface area contributed by atoms with Gasteiger partial charge >= 0.3 is 5.97 Å². The molecule has 1 aliphatic heterocycles. The van der Waals surface area contributed by atoms with Crippen LogP contribution in [0.5, 0.6) is 0 Å². The molecular weight excluding hydrogens is 353 g/mol. The first-order chi connectivity index (χ1) is 12.7. The molecule has 6 nitrogen and oxygen atoms in total. The highest BCUT2D eigenvalue weighted by Crippen LogP contribution is 2.36. The van der Waals surface area contributed by atoms with Crippen molar-refractivity contribution in [2.24, 2.45) is 11.8 Å². The summed E-state index contributed by atoms with van der Waals surface area (Å²) in [5, 5.41) is 18.2. The zero-order chi connectivity index (χ0) is 20.1. The number of hydrogen-bond donors (Lipinski definition) is 2. The van der Waals surface area contributed by atoms with E-state index >= 15 is 0 Å². The molecule has 0 aliphatic carbocycles. The predicted molar refractivity (Wildman–Crippen MR) is 97.6 cm³/mol. The summed E-state index contributed by atoms with van der Waals surface area (Å²) in [7, 11) is 0. The fraction of sp³-hybridized carbons (Fsp3) is 0.450. The Kier molecular flexibility index (Phi) is 6.85. The van der Waals surface area contributed by atoms with E-state index in [1.165, 1.54) is 30.3 Å². The van der Waals surface area contributed by atoms with Gasteiger partial charge in [0.1, 0.15) is 5.82 Å². The van der Waals surface area contributed by atoms with E-state index in [9.17, 15) is 23.9 Å². The molecule has 1 fully saturated rings.